The maximum Gasteiger partial charge on any atom is 0.141 e. The predicted molar refractivity (Wildman–Crippen MR) is 148 cm³/mol. The third-order valence-electron chi connectivity index (χ3n) is 5.78. The Kier molecular flexibility index (Phi) is 10.6. The van der Waals surface area contributed by atoms with Crippen LogP contribution in [0.3, 0.4) is 0 Å². The van der Waals surface area contributed by atoms with Crippen molar-refractivity contribution >= 4 is 0 Å². The number of hydrogen-bond donors (Lipinski definition) is 3. The van der Waals surface area contributed by atoms with Crippen LogP contribution in [0.1, 0.15) is 50.9 Å². The molecule has 0 heterocycles. The van der Waals surface area contributed by atoms with E-state index in [9.17, 15) is 8.78 Å². The molecule has 0 radical (unpaired) electrons. The second-order valence-electron chi connectivity index (χ2n) is 8.83. The summed E-state index contributed by atoms with van der Waals surface area (Å²) >= 11 is 0. The van der Waals surface area contributed by atoms with E-state index in [2.05, 4.69) is 42.4 Å². The highest BCUT2D eigenvalue weighted by Crippen LogP contribution is 2.17. The minimum atomic E-state index is -0.729. The van der Waals surface area contributed by atoms with Gasteiger partial charge in [0.15, 0.2) is 0 Å². The zero-order chi connectivity index (χ0) is 26.6. The smallest absolute Gasteiger partial charge is 0.141 e. The van der Waals surface area contributed by atoms with Crippen LogP contribution in [0.5, 0.6) is 0 Å². The maximum atomic E-state index is 14.6. The van der Waals surface area contributed by atoms with Crippen molar-refractivity contribution in [3.63, 3.8) is 0 Å². The molecule has 190 valence electrons. The molecule has 0 amide bonds. The van der Waals surface area contributed by atoms with Gasteiger partial charge in [-0.05, 0) is 104 Å². The van der Waals surface area contributed by atoms with Crippen molar-refractivity contribution in [2.24, 2.45) is 17.2 Å². The van der Waals surface area contributed by atoms with E-state index in [1.54, 1.807) is 0 Å². The number of nitrogens with two attached hydrogens (primary N) is 3. The zero-order valence-corrected chi connectivity index (χ0v) is 21.0. The van der Waals surface area contributed by atoms with Crippen LogP contribution >= 0.6 is 0 Å². The number of allylic oxidation sites excluding steroid dienone is 1. The van der Waals surface area contributed by atoms with Crippen LogP contribution in [0, 0.1) is 35.3 Å². The van der Waals surface area contributed by atoms with Crippen molar-refractivity contribution < 1.29 is 8.78 Å². The lowest BCUT2D eigenvalue weighted by atomic mass is 10.00. The number of benzene rings is 3. The molecule has 37 heavy (non-hydrogen) atoms. The summed E-state index contributed by atoms with van der Waals surface area (Å²) < 4.78 is 29.1. The molecular weight excluding hydrogens is 464 g/mol. The van der Waals surface area contributed by atoms with Gasteiger partial charge >= 0.3 is 0 Å². The fraction of sp³-hybridized carbons (Fsp3) is 0.250. The molecule has 0 atom stereocenters. The van der Waals surface area contributed by atoms with Gasteiger partial charge in [0.05, 0.1) is 11.1 Å². The molecule has 0 aliphatic heterocycles. The van der Waals surface area contributed by atoms with Crippen LogP contribution in [-0.4, -0.2) is 19.6 Å². The lowest BCUT2D eigenvalue weighted by Crippen LogP contribution is -2.06. The van der Waals surface area contributed by atoms with Crippen molar-refractivity contribution in [2.75, 3.05) is 19.6 Å². The molecule has 5 heteroatoms. The summed E-state index contributed by atoms with van der Waals surface area (Å²) in [6, 6.07) is 14.1. The van der Waals surface area contributed by atoms with Crippen molar-refractivity contribution in [3.05, 3.63) is 117 Å². The summed E-state index contributed by atoms with van der Waals surface area (Å²) in [5.74, 6) is 10.3. The van der Waals surface area contributed by atoms with Crippen molar-refractivity contribution in [1.82, 2.24) is 0 Å². The van der Waals surface area contributed by atoms with Crippen LogP contribution in [0.4, 0.5) is 8.78 Å². The van der Waals surface area contributed by atoms with Gasteiger partial charge in [-0.25, -0.2) is 8.78 Å². The van der Waals surface area contributed by atoms with Crippen molar-refractivity contribution in [1.29, 1.82) is 0 Å². The van der Waals surface area contributed by atoms with Gasteiger partial charge < -0.3 is 17.2 Å². The molecular formula is C32H33F2N3. The SMILES string of the molecule is C=CCCc1cc(C#Cc2cc(C#Cc3cc(CCN)cc(CCN)c3)c(F)cc2F)cc(CCN)c1. The first-order valence-corrected chi connectivity index (χ1v) is 12.5. The van der Waals surface area contributed by atoms with E-state index < -0.39 is 11.6 Å². The Bertz CT molecular complexity index is 1350. The summed E-state index contributed by atoms with van der Waals surface area (Å²) in [4.78, 5) is 0. The molecule has 0 aromatic heterocycles. The highest BCUT2D eigenvalue weighted by atomic mass is 19.1. The first-order valence-electron chi connectivity index (χ1n) is 12.5. The molecule has 0 aliphatic carbocycles. The molecule has 0 fully saturated rings. The Balaban J connectivity index is 1.95. The predicted octanol–water partition coefficient (Wildman–Crippen LogP) is 4.39. The van der Waals surface area contributed by atoms with E-state index in [0.29, 0.717) is 32.5 Å². The monoisotopic (exact) mass is 497 g/mol. The molecule has 0 unspecified atom stereocenters. The highest BCUT2D eigenvalue weighted by Gasteiger charge is 2.08. The number of rotatable bonds is 9. The van der Waals surface area contributed by atoms with Crippen LogP contribution in [0.15, 0.2) is 61.2 Å². The van der Waals surface area contributed by atoms with Crippen molar-refractivity contribution in [2.45, 2.75) is 32.1 Å². The minimum absolute atomic E-state index is 0.0823. The van der Waals surface area contributed by atoms with Gasteiger partial charge in [-0.2, -0.15) is 0 Å². The number of halogens is 2. The Morgan fingerprint density at radius 2 is 0.973 bits per heavy atom. The van der Waals surface area contributed by atoms with Gasteiger partial charge in [0.25, 0.3) is 0 Å². The van der Waals surface area contributed by atoms with E-state index >= 15 is 0 Å². The van der Waals surface area contributed by atoms with Gasteiger partial charge in [0.1, 0.15) is 11.6 Å². The van der Waals surface area contributed by atoms with Gasteiger partial charge in [0, 0.05) is 17.2 Å². The van der Waals surface area contributed by atoms with Crippen molar-refractivity contribution in [3.8, 4) is 23.7 Å². The normalized spacial score (nSPS) is 10.3. The molecule has 3 nitrogen and oxygen atoms in total. The third-order valence-corrected chi connectivity index (χ3v) is 5.78. The second-order valence-corrected chi connectivity index (χ2v) is 8.83. The Hall–Kier alpha value is -3.74. The molecule has 0 saturated heterocycles. The van der Waals surface area contributed by atoms with Gasteiger partial charge in [-0.1, -0.05) is 41.9 Å². The van der Waals surface area contributed by atoms with Crippen LogP contribution in [0.25, 0.3) is 0 Å². The molecule has 3 rings (SSSR count). The Morgan fingerprint density at radius 3 is 1.35 bits per heavy atom. The zero-order valence-electron chi connectivity index (χ0n) is 21.0. The Morgan fingerprint density at radius 1 is 0.568 bits per heavy atom. The lowest BCUT2D eigenvalue weighted by Gasteiger charge is -2.06. The fourth-order valence-electron chi connectivity index (χ4n) is 4.04. The number of hydrogen-bond acceptors (Lipinski definition) is 3. The van der Waals surface area contributed by atoms with Crippen LogP contribution < -0.4 is 17.2 Å². The lowest BCUT2D eigenvalue weighted by molar-refractivity contribution is 0.579. The van der Waals surface area contributed by atoms with E-state index in [1.807, 2.05) is 30.3 Å². The molecule has 0 spiro atoms. The first-order chi connectivity index (χ1) is 17.9. The maximum absolute atomic E-state index is 14.6. The number of aryl methyl sites for hydroxylation is 1. The van der Waals surface area contributed by atoms with Gasteiger partial charge in [-0.3, -0.25) is 0 Å². The van der Waals surface area contributed by atoms with E-state index in [-0.39, 0.29) is 11.1 Å². The summed E-state index contributed by atoms with van der Waals surface area (Å²) in [5.41, 5.74) is 23.1. The quantitative estimate of drug-likeness (QED) is 0.303. The second kappa shape index (κ2) is 14.1. The summed E-state index contributed by atoms with van der Waals surface area (Å²) in [7, 11) is 0. The Labute approximate surface area is 218 Å². The topological polar surface area (TPSA) is 78.1 Å². The molecule has 0 bridgehead atoms. The third kappa shape index (κ3) is 8.41. The standard InChI is InChI=1S/C32H33F2N3/c1-2-3-4-23-15-24(17-26(16-23)9-12-35)5-7-29-21-30(32(34)22-31(29)33)8-6-25-18-27(10-13-36)20-28(19-25)11-14-37/h2,15-22H,1,3-4,9-14,35-37H2. The average molecular weight is 498 g/mol. The van der Waals surface area contributed by atoms with E-state index in [0.717, 1.165) is 58.7 Å². The summed E-state index contributed by atoms with van der Waals surface area (Å²) in [6.45, 7) is 5.32. The minimum Gasteiger partial charge on any atom is -0.330 e. The van der Waals surface area contributed by atoms with E-state index in [1.165, 1.54) is 6.07 Å². The van der Waals surface area contributed by atoms with Crippen LogP contribution in [0.2, 0.25) is 0 Å². The molecule has 0 saturated carbocycles. The summed E-state index contributed by atoms with van der Waals surface area (Å²) in [5, 5.41) is 0. The summed E-state index contributed by atoms with van der Waals surface area (Å²) in [6.07, 6.45) is 5.68. The first kappa shape index (κ1) is 27.8. The molecule has 3 aromatic carbocycles. The van der Waals surface area contributed by atoms with Crippen LogP contribution in [-0.2, 0) is 25.7 Å². The highest BCUT2D eigenvalue weighted by molar-refractivity contribution is 5.52. The molecule has 0 aliphatic rings. The average Bonchev–Trinajstić information content (AvgIpc) is 2.87. The molecule has 3 aromatic rings. The van der Waals surface area contributed by atoms with Gasteiger partial charge in [-0.15, -0.1) is 6.58 Å². The molecule has 6 N–H and O–H groups in total. The fourth-order valence-corrected chi connectivity index (χ4v) is 4.04. The largest absolute Gasteiger partial charge is 0.330 e. The van der Waals surface area contributed by atoms with Gasteiger partial charge in [0.2, 0.25) is 0 Å². The van der Waals surface area contributed by atoms with E-state index in [4.69, 9.17) is 17.2 Å².